The first-order chi connectivity index (χ1) is 20.3. The number of pyridine rings is 1. The first kappa shape index (κ1) is 33.2. The molecule has 0 amide bonds. The quantitative estimate of drug-likeness (QED) is 0.142. The van der Waals surface area contributed by atoms with Gasteiger partial charge in [-0.15, -0.1) is 0 Å². The number of allylic oxidation sites excluding steroid dienone is 9. The highest BCUT2D eigenvalue weighted by Gasteiger charge is 2.55. The lowest BCUT2D eigenvalue weighted by Crippen LogP contribution is -2.33. The first-order valence-corrected chi connectivity index (χ1v) is 16.1. The van der Waals surface area contributed by atoms with Gasteiger partial charge in [-0.3, -0.25) is 4.98 Å². The molecular weight excluding hydrogens is 516 g/mol. The van der Waals surface area contributed by atoms with E-state index in [4.69, 9.17) is 9.47 Å². The monoisotopic (exact) mass is 570 g/mol. The van der Waals surface area contributed by atoms with Crippen LogP contribution < -0.4 is 0 Å². The standard InChI is InChI=1S/C36H48N2O2.C2H6/c1-7-9-14-33(8-2)38(34-15-12-10-11-13-16-34)30(6)27(3)17-18-29(5)40-36-24-32(36)19-20-35(25-36)39-26-31-21-22-37-28(4)23-31;1-2/h7,9,14,17-23,25,32,34H,6,8,10-13,15-16,24,26H2,1-5H3;1-2H3/b9-7+,27-17+,29-18+,33-14+;. The minimum absolute atomic E-state index is 0.297. The SMILES string of the molecule is C=C(/C(C)=C/C=C(\C)OC12C=C(OCc3ccnc(C)c3)C=CC1C2)N(/C(=C/C=C/C)CC)C1CCCCCC1.CC. The van der Waals surface area contributed by atoms with E-state index in [1.54, 1.807) is 0 Å². The van der Waals surface area contributed by atoms with Crippen molar-refractivity contribution in [1.29, 1.82) is 0 Å². The van der Waals surface area contributed by atoms with Gasteiger partial charge in [0.1, 0.15) is 18.0 Å². The number of hydrogen-bond acceptors (Lipinski definition) is 4. The number of hydrogen-bond donors (Lipinski definition) is 0. The molecule has 1 heterocycles. The normalized spacial score (nSPS) is 22.9. The second kappa shape index (κ2) is 16.4. The largest absolute Gasteiger partial charge is 0.489 e. The summed E-state index contributed by atoms with van der Waals surface area (Å²) >= 11 is 0. The molecule has 42 heavy (non-hydrogen) atoms. The maximum atomic E-state index is 6.53. The molecule has 1 aromatic heterocycles. The number of fused-ring (bicyclic) bond motifs is 1. The average Bonchev–Trinajstić information content (AvgIpc) is 3.77. The van der Waals surface area contributed by atoms with Crippen LogP contribution in [0.3, 0.4) is 0 Å². The average molecular weight is 571 g/mol. The Morgan fingerprint density at radius 3 is 2.52 bits per heavy atom. The van der Waals surface area contributed by atoms with E-state index >= 15 is 0 Å². The molecule has 4 rings (SSSR count). The maximum Gasteiger partial charge on any atom is 0.138 e. The van der Waals surface area contributed by atoms with Gasteiger partial charge in [0.05, 0.1) is 5.76 Å². The van der Waals surface area contributed by atoms with E-state index in [0.29, 0.717) is 18.6 Å². The molecule has 0 N–H and O–H groups in total. The molecule has 1 aromatic rings. The lowest BCUT2D eigenvalue weighted by molar-refractivity contribution is 0.116. The number of aromatic nitrogens is 1. The summed E-state index contributed by atoms with van der Waals surface area (Å²) in [4.78, 5) is 6.80. The van der Waals surface area contributed by atoms with E-state index in [2.05, 4.69) is 98.8 Å². The van der Waals surface area contributed by atoms with E-state index in [1.807, 2.05) is 33.0 Å². The van der Waals surface area contributed by atoms with Crippen molar-refractivity contribution in [3.8, 4) is 0 Å². The highest BCUT2D eigenvalue weighted by Crippen LogP contribution is 2.53. The highest BCUT2D eigenvalue weighted by molar-refractivity contribution is 5.38. The van der Waals surface area contributed by atoms with Crippen molar-refractivity contribution in [2.75, 3.05) is 0 Å². The Hall–Kier alpha value is -3.27. The van der Waals surface area contributed by atoms with Crippen molar-refractivity contribution in [1.82, 2.24) is 9.88 Å². The van der Waals surface area contributed by atoms with Crippen LogP contribution in [0.2, 0.25) is 0 Å². The molecule has 228 valence electrons. The number of rotatable bonds is 12. The summed E-state index contributed by atoms with van der Waals surface area (Å²) in [6, 6.07) is 4.57. The van der Waals surface area contributed by atoms with E-state index in [0.717, 1.165) is 41.3 Å². The van der Waals surface area contributed by atoms with Crippen LogP contribution in [-0.4, -0.2) is 21.5 Å². The van der Waals surface area contributed by atoms with E-state index < -0.39 is 0 Å². The lowest BCUT2D eigenvalue weighted by Gasteiger charge is -2.37. The molecule has 2 unspecified atom stereocenters. The summed E-state index contributed by atoms with van der Waals surface area (Å²) in [6.45, 7) is 19.7. The van der Waals surface area contributed by atoms with Gasteiger partial charge in [0, 0.05) is 47.7 Å². The van der Waals surface area contributed by atoms with Gasteiger partial charge >= 0.3 is 0 Å². The van der Waals surface area contributed by atoms with Gasteiger partial charge < -0.3 is 14.4 Å². The number of ether oxygens (including phenoxy) is 2. The summed E-state index contributed by atoms with van der Waals surface area (Å²) < 4.78 is 12.7. The Labute approximate surface area is 256 Å². The molecule has 3 aliphatic carbocycles. The van der Waals surface area contributed by atoms with E-state index in [9.17, 15) is 0 Å². The molecule has 3 aliphatic rings. The van der Waals surface area contributed by atoms with Gasteiger partial charge in [-0.2, -0.15) is 0 Å². The summed E-state index contributed by atoms with van der Waals surface area (Å²) in [5.74, 6) is 2.18. The zero-order valence-electron chi connectivity index (χ0n) is 27.3. The number of nitrogens with zero attached hydrogens (tertiary/aromatic N) is 2. The fraction of sp³-hybridized carbons (Fsp3) is 0.500. The van der Waals surface area contributed by atoms with Gasteiger partial charge in [-0.25, -0.2) is 0 Å². The zero-order chi connectivity index (χ0) is 30.5. The fourth-order valence-corrected chi connectivity index (χ4v) is 5.86. The zero-order valence-corrected chi connectivity index (χ0v) is 27.3. The molecular formula is C38H54N2O2. The summed E-state index contributed by atoms with van der Waals surface area (Å²) in [6.07, 6.45) is 28.8. The second-order valence-electron chi connectivity index (χ2n) is 11.5. The Bertz CT molecular complexity index is 1220. The van der Waals surface area contributed by atoms with Crippen molar-refractivity contribution in [3.63, 3.8) is 0 Å². The minimum Gasteiger partial charge on any atom is -0.489 e. The third-order valence-electron chi connectivity index (χ3n) is 8.26. The van der Waals surface area contributed by atoms with Crippen molar-refractivity contribution in [2.45, 2.75) is 118 Å². The van der Waals surface area contributed by atoms with Crippen LogP contribution in [-0.2, 0) is 16.1 Å². The molecule has 4 nitrogen and oxygen atoms in total. The van der Waals surface area contributed by atoms with Gasteiger partial charge in [0.25, 0.3) is 0 Å². The molecule has 4 heteroatoms. The number of aryl methyl sites for hydroxylation is 1. The molecule has 2 saturated carbocycles. The van der Waals surface area contributed by atoms with Gasteiger partial charge in [0.2, 0.25) is 0 Å². The molecule has 0 radical (unpaired) electrons. The molecule has 2 atom stereocenters. The Balaban J connectivity index is 0.00000237. The summed E-state index contributed by atoms with van der Waals surface area (Å²) in [5, 5.41) is 0. The Morgan fingerprint density at radius 1 is 1.12 bits per heavy atom. The predicted molar refractivity (Wildman–Crippen MR) is 177 cm³/mol. The molecule has 2 fully saturated rings. The van der Waals surface area contributed by atoms with Gasteiger partial charge in [-0.05, 0) is 88.5 Å². The minimum atomic E-state index is -0.297. The fourth-order valence-electron chi connectivity index (χ4n) is 5.86. The molecule has 0 spiro atoms. The lowest BCUT2D eigenvalue weighted by atomic mass is 10.0. The topological polar surface area (TPSA) is 34.6 Å². The Kier molecular flexibility index (Phi) is 13.0. The smallest absolute Gasteiger partial charge is 0.138 e. The van der Waals surface area contributed by atoms with Crippen LogP contribution in [0.4, 0.5) is 0 Å². The van der Waals surface area contributed by atoms with Crippen LogP contribution in [0.15, 0.2) is 102 Å². The van der Waals surface area contributed by atoms with Crippen LogP contribution in [0.1, 0.15) is 104 Å². The van der Waals surface area contributed by atoms with Crippen LogP contribution in [0.5, 0.6) is 0 Å². The van der Waals surface area contributed by atoms with E-state index in [-0.39, 0.29) is 5.60 Å². The van der Waals surface area contributed by atoms with Crippen molar-refractivity contribution in [3.05, 3.63) is 113 Å². The van der Waals surface area contributed by atoms with Crippen molar-refractivity contribution >= 4 is 0 Å². The molecule has 0 bridgehead atoms. The molecule has 0 saturated heterocycles. The second-order valence-corrected chi connectivity index (χ2v) is 11.5. The van der Waals surface area contributed by atoms with Crippen LogP contribution in [0, 0.1) is 12.8 Å². The van der Waals surface area contributed by atoms with Crippen LogP contribution in [0.25, 0.3) is 0 Å². The van der Waals surface area contributed by atoms with Gasteiger partial charge in [0.15, 0.2) is 0 Å². The third kappa shape index (κ3) is 9.11. The van der Waals surface area contributed by atoms with Gasteiger partial charge in [-0.1, -0.05) is 77.3 Å². The highest BCUT2D eigenvalue weighted by atomic mass is 16.5. The van der Waals surface area contributed by atoms with E-state index in [1.165, 1.54) is 49.8 Å². The Morgan fingerprint density at radius 2 is 1.86 bits per heavy atom. The van der Waals surface area contributed by atoms with Crippen LogP contribution >= 0.6 is 0 Å². The third-order valence-corrected chi connectivity index (χ3v) is 8.26. The molecule has 0 aromatic carbocycles. The maximum absolute atomic E-state index is 6.53. The summed E-state index contributed by atoms with van der Waals surface area (Å²) in [7, 11) is 0. The summed E-state index contributed by atoms with van der Waals surface area (Å²) in [5.41, 5.74) is 5.44. The van der Waals surface area contributed by atoms with Crippen molar-refractivity contribution in [2.24, 2.45) is 5.92 Å². The molecule has 0 aliphatic heterocycles. The van der Waals surface area contributed by atoms with Crippen molar-refractivity contribution < 1.29 is 9.47 Å². The first-order valence-electron chi connectivity index (χ1n) is 16.1. The predicted octanol–water partition coefficient (Wildman–Crippen LogP) is 10.4.